The molecule has 1 saturated heterocycles. The Labute approximate surface area is 162 Å². The van der Waals surface area contributed by atoms with Crippen LogP contribution in [0.1, 0.15) is 5.56 Å². The number of benzene rings is 2. The normalized spacial score (nSPS) is 15.4. The molecule has 1 fully saturated rings. The van der Waals surface area contributed by atoms with Gasteiger partial charge in [0.1, 0.15) is 5.75 Å². The van der Waals surface area contributed by atoms with Crippen LogP contribution in [0, 0.1) is 11.3 Å². The maximum atomic E-state index is 13.0. The molecule has 2 aromatic rings. The van der Waals surface area contributed by atoms with Crippen LogP contribution in [0.25, 0.3) is 0 Å². The van der Waals surface area contributed by atoms with E-state index in [-0.39, 0.29) is 17.1 Å². The van der Waals surface area contributed by atoms with Crippen molar-refractivity contribution in [2.45, 2.75) is 17.9 Å². The molecule has 28 heavy (non-hydrogen) atoms. The van der Waals surface area contributed by atoms with E-state index in [1.807, 2.05) is 11.0 Å². The van der Waals surface area contributed by atoms with Crippen molar-refractivity contribution in [2.75, 3.05) is 31.1 Å². The largest absolute Gasteiger partial charge is 0.435 e. The van der Waals surface area contributed by atoms with Crippen LogP contribution in [-0.4, -0.2) is 45.5 Å². The summed E-state index contributed by atoms with van der Waals surface area (Å²) in [5.74, 6) is 0.0778. The molecule has 3 rings (SSSR count). The van der Waals surface area contributed by atoms with Crippen LogP contribution in [0.3, 0.4) is 0 Å². The summed E-state index contributed by atoms with van der Waals surface area (Å²) >= 11 is 0. The first-order valence-electron chi connectivity index (χ1n) is 8.66. The van der Waals surface area contributed by atoms with E-state index in [2.05, 4.69) is 4.74 Å². The van der Waals surface area contributed by atoms with Gasteiger partial charge in [-0.2, -0.15) is 18.3 Å². The maximum Gasteiger partial charge on any atom is 0.387 e. The Morgan fingerprint density at radius 3 is 2.29 bits per heavy atom. The lowest BCUT2D eigenvalue weighted by Crippen LogP contribution is -2.48. The molecule has 1 heterocycles. The van der Waals surface area contributed by atoms with E-state index in [1.165, 1.54) is 22.5 Å². The predicted octanol–water partition coefficient (Wildman–Crippen LogP) is 2.86. The molecule has 0 atom stereocenters. The molecule has 0 N–H and O–H groups in total. The Bertz CT molecular complexity index is 951. The summed E-state index contributed by atoms with van der Waals surface area (Å²) in [5, 5.41) is 8.93. The lowest BCUT2D eigenvalue weighted by molar-refractivity contribution is -0.0498. The highest BCUT2D eigenvalue weighted by atomic mass is 32.2. The maximum absolute atomic E-state index is 13.0. The first-order valence-corrected chi connectivity index (χ1v) is 10.1. The Kier molecular flexibility index (Phi) is 6.11. The molecule has 0 bridgehead atoms. The lowest BCUT2D eigenvalue weighted by Gasteiger charge is -2.35. The van der Waals surface area contributed by atoms with Crippen molar-refractivity contribution >= 4 is 15.7 Å². The number of sulfonamides is 1. The summed E-state index contributed by atoms with van der Waals surface area (Å²) < 4.78 is 56.2. The number of halogens is 2. The molecule has 0 aromatic heterocycles. The average molecular weight is 407 g/mol. The van der Waals surface area contributed by atoms with Crippen LogP contribution < -0.4 is 9.64 Å². The Morgan fingerprint density at radius 1 is 1.04 bits per heavy atom. The number of nitrogens with zero attached hydrogens (tertiary/aromatic N) is 3. The molecule has 0 unspecified atom stereocenters. The Balaban J connectivity index is 1.69. The second-order valence-corrected chi connectivity index (χ2v) is 8.11. The zero-order chi connectivity index (χ0) is 20.1. The average Bonchev–Trinajstić information content (AvgIpc) is 2.69. The number of ether oxygens (including phenoxy) is 1. The highest BCUT2D eigenvalue weighted by molar-refractivity contribution is 7.89. The molecule has 148 valence electrons. The van der Waals surface area contributed by atoms with E-state index in [0.29, 0.717) is 31.7 Å². The van der Waals surface area contributed by atoms with E-state index in [9.17, 15) is 17.2 Å². The van der Waals surface area contributed by atoms with E-state index < -0.39 is 16.6 Å². The highest BCUT2D eigenvalue weighted by Crippen LogP contribution is 2.25. The van der Waals surface area contributed by atoms with Gasteiger partial charge in [-0.3, -0.25) is 0 Å². The summed E-state index contributed by atoms with van der Waals surface area (Å²) in [4.78, 5) is 2.15. The van der Waals surface area contributed by atoms with Gasteiger partial charge in [0, 0.05) is 31.9 Å². The van der Waals surface area contributed by atoms with Crippen molar-refractivity contribution in [2.24, 2.45) is 0 Å². The smallest absolute Gasteiger partial charge is 0.387 e. The summed E-state index contributed by atoms with van der Waals surface area (Å²) in [5.41, 5.74) is 1.30. The van der Waals surface area contributed by atoms with Crippen molar-refractivity contribution in [3.8, 4) is 11.8 Å². The summed E-state index contributed by atoms with van der Waals surface area (Å²) in [7, 11) is -3.69. The number of rotatable bonds is 6. The van der Waals surface area contributed by atoms with Crippen molar-refractivity contribution in [3.63, 3.8) is 0 Å². The topological polar surface area (TPSA) is 73.6 Å². The third-order valence-corrected chi connectivity index (χ3v) is 6.52. The molecule has 2 aromatic carbocycles. The number of alkyl halides is 2. The van der Waals surface area contributed by atoms with E-state index in [4.69, 9.17) is 5.26 Å². The summed E-state index contributed by atoms with van der Waals surface area (Å²) in [6, 6.07) is 14.8. The first kappa shape index (κ1) is 20.0. The molecule has 1 aliphatic heterocycles. The molecule has 0 amide bonds. The van der Waals surface area contributed by atoms with Crippen LogP contribution in [0.15, 0.2) is 53.4 Å². The van der Waals surface area contributed by atoms with Crippen LogP contribution in [0.4, 0.5) is 14.5 Å². The predicted molar refractivity (Wildman–Crippen MR) is 99.8 cm³/mol. The quantitative estimate of drug-likeness (QED) is 0.736. The van der Waals surface area contributed by atoms with Crippen molar-refractivity contribution in [3.05, 3.63) is 54.1 Å². The third kappa shape index (κ3) is 4.40. The number of hydrogen-bond acceptors (Lipinski definition) is 5. The van der Waals surface area contributed by atoms with Crippen molar-refractivity contribution in [1.82, 2.24) is 4.31 Å². The minimum atomic E-state index is -3.69. The minimum absolute atomic E-state index is 0.0302. The molecule has 6 nitrogen and oxygen atoms in total. The number of anilines is 1. The minimum Gasteiger partial charge on any atom is -0.435 e. The molecular weight excluding hydrogens is 388 g/mol. The second kappa shape index (κ2) is 8.54. The SMILES string of the molecule is N#CCc1ccccc1S(=O)(=O)N1CCN(c2ccc(OC(F)F)cc2)CC1. The Hall–Kier alpha value is -2.70. The fourth-order valence-corrected chi connectivity index (χ4v) is 4.80. The third-order valence-electron chi connectivity index (χ3n) is 4.53. The van der Waals surface area contributed by atoms with Gasteiger partial charge in [0.05, 0.1) is 17.4 Å². The van der Waals surface area contributed by atoms with Gasteiger partial charge in [-0.05, 0) is 35.9 Å². The van der Waals surface area contributed by atoms with Crippen LogP contribution >= 0.6 is 0 Å². The van der Waals surface area contributed by atoms with E-state index in [0.717, 1.165) is 5.69 Å². The van der Waals surface area contributed by atoms with Gasteiger partial charge in [-0.1, -0.05) is 18.2 Å². The van der Waals surface area contributed by atoms with Gasteiger partial charge in [-0.15, -0.1) is 0 Å². The monoisotopic (exact) mass is 407 g/mol. The van der Waals surface area contributed by atoms with Gasteiger partial charge in [0.25, 0.3) is 0 Å². The van der Waals surface area contributed by atoms with Crippen molar-refractivity contribution < 1.29 is 21.9 Å². The molecule has 9 heteroatoms. The lowest BCUT2D eigenvalue weighted by atomic mass is 10.2. The fourth-order valence-electron chi connectivity index (χ4n) is 3.15. The summed E-state index contributed by atoms with van der Waals surface area (Å²) in [6.45, 7) is -1.36. The van der Waals surface area contributed by atoms with Crippen LogP contribution in [0.2, 0.25) is 0 Å². The highest BCUT2D eigenvalue weighted by Gasteiger charge is 2.30. The fraction of sp³-hybridized carbons (Fsp3) is 0.316. The standard InChI is InChI=1S/C19H19F2N3O3S/c20-19(21)27-17-7-5-16(6-8-17)23-11-13-24(14-12-23)28(25,26)18-4-2-1-3-15(18)9-10-22/h1-8,19H,9,11-14H2. The molecule has 0 saturated carbocycles. The van der Waals surface area contributed by atoms with Crippen LogP contribution in [-0.2, 0) is 16.4 Å². The molecule has 1 aliphatic rings. The van der Waals surface area contributed by atoms with Gasteiger partial charge in [0.2, 0.25) is 10.0 Å². The van der Waals surface area contributed by atoms with Gasteiger partial charge >= 0.3 is 6.61 Å². The van der Waals surface area contributed by atoms with Crippen LogP contribution in [0.5, 0.6) is 5.75 Å². The first-order chi connectivity index (χ1) is 13.4. The van der Waals surface area contributed by atoms with E-state index >= 15 is 0 Å². The van der Waals surface area contributed by atoms with Crippen molar-refractivity contribution in [1.29, 1.82) is 5.26 Å². The zero-order valence-corrected chi connectivity index (χ0v) is 15.8. The number of nitriles is 1. The second-order valence-electron chi connectivity index (χ2n) is 6.21. The Morgan fingerprint density at radius 2 is 1.68 bits per heavy atom. The number of hydrogen-bond donors (Lipinski definition) is 0. The zero-order valence-electron chi connectivity index (χ0n) is 15.0. The summed E-state index contributed by atoms with van der Waals surface area (Å²) in [6.07, 6.45) is 0.0302. The number of piperazine rings is 1. The molecular formula is C19H19F2N3O3S. The molecule has 0 aliphatic carbocycles. The molecule has 0 spiro atoms. The van der Waals surface area contributed by atoms with E-state index in [1.54, 1.807) is 30.3 Å². The van der Waals surface area contributed by atoms with Gasteiger partial charge in [-0.25, -0.2) is 8.42 Å². The van der Waals surface area contributed by atoms with Gasteiger partial charge < -0.3 is 9.64 Å². The van der Waals surface area contributed by atoms with Gasteiger partial charge in [0.15, 0.2) is 0 Å². The molecule has 0 radical (unpaired) electrons.